The van der Waals surface area contributed by atoms with Gasteiger partial charge in [-0.15, -0.1) is 0 Å². The number of aromatic nitrogens is 3. The second kappa shape index (κ2) is 4.43. The van der Waals surface area contributed by atoms with Crippen molar-refractivity contribution >= 4 is 19.2 Å². The number of nitrogens with zero attached hydrogens (tertiary/aromatic N) is 3. The average molecular weight is 317 g/mol. The molecule has 3 heterocycles. The summed E-state index contributed by atoms with van der Waals surface area (Å²) in [7, 11) is 0. The molecule has 0 radical (unpaired) electrons. The van der Waals surface area contributed by atoms with E-state index >= 15 is 0 Å². The van der Waals surface area contributed by atoms with Gasteiger partial charge in [-0.05, 0) is 0 Å². The van der Waals surface area contributed by atoms with Crippen LogP contribution in [0.4, 0.5) is 0 Å². The third-order valence-electron chi connectivity index (χ3n) is 2.70. The average Bonchev–Trinajstić information content (AvgIpc) is 3.10. The van der Waals surface area contributed by atoms with Gasteiger partial charge in [0.2, 0.25) is 0 Å². The number of hydrogen-bond acceptors (Lipinski definition) is 7. The van der Waals surface area contributed by atoms with Crippen LogP contribution in [0.15, 0.2) is 65.0 Å². The van der Waals surface area contributed by atoms with Gasteiger partial charge in [0.05, 0.1) is 0 Å². The third-order valence-corrected chi connectivity index (χ3v) is 7.57. The molecule has 3 aromatic rings. The molecule has 0 aliphatic heterocycles. The molecule has 9 nitrogen and oxygen atoms in total. The summed E-state index contributed by atoms with van der Waals surface area (Å²) in [6, 6.07) is 0. The summed E-state index contributed by atoms with van der Waals surface area (Å²) in [5.41, 5.74) is 0. The fraction of sp³-hybridized carbons (Fsp3) is 0. The van der Waals surface area contributed by atoms with Crippen molar-refractivity contribution in [1.82, 2.24) is 13.0 Å². The number of thiol groups is 1. The van der Waals surface area contributed by atoms with Crippen molar-refractivity contribution in [3.8, 4) is 0 Å². The summed E-state index contributed by atoms with van der Waals surface area (Å²) in [5, 5.41) is 0. The van der Waals surface area contributed by atoms with E-state index in [0.717, 1.165) is 31.8 Å². The van der Waals surface area contributed by atoms with Crippen LogP contribution >= 0.6 is 19.2 Å². The normalized spacial score (nSPS) is 12.7. The molecule has 0 fully saturated rings. The van der Waals surface area contributed by atoms with Gasteiger partial charge in [0, 0.05) is 0 Å². The van der Waals surface area contributed by atoms with Crippen LogP contribution in [-0.4, -0.2) is 13.0 Å². The minimum absolute atomic E-state index is 0.757. The number of hydrogen-bond donors (Lipinski definition) is 1. The van der Waals surface area contributed by atoms with Gasteiger partial charge in [0.15, 0.2) is 0 Å². The van der Waals surface area contributed by atoms with Gasteiger partial charge in [-0.3, -0.25) is 0 Å². The van der Waals surface area contributed by atoms with Crippen molar-refractivity contribution in [1.29, 1.82) is 0 Å². The summed E-state index contributed by atoms with van der Waals surface area (Å²) in [5.74, 6) is -2.27. The number of oxazole rings is 3. The molecule has 11 heteroatoms. The first-order chi connectivity index (χ1) is 9.55. The Balaban J connectivity index is 2.41. The van der Waals surface area contributed by atoms with Crippen LogP contribution in [0.2, 0.25) is 0 Å². The van der Waals surface area contributed by atoms with Crippen LogP contribution < -0.4 is 17.3 Å². The molecular weight excluding hydrogens is 309 g/mol. The van der Waals surface area contributed by atoms with Gasteiger partial charge in [0.25, 0.3) is 0 Å². The summed E-state index contributed by atoms with van der Waals surface area (Å²) in [4.78, 5) is 35.3. The van der Waals surface area contributed by atoms with Crippen molar-refractivity contribution in [3.63, 3.8) is 0 Å². The van der Waals surface area contributed by atoms with E-state index in [1.54, 1.807) is 0 Å². The standard InChI is InChI=1S/C9H8N3O6PS/c13-7-10(1-4-16-7)19(20,11-2-5-17-8(11)14)12-3-6-18-9(12)15/h1-6,19-20H. The zero-order valence-electron chi connectivity index (χ0n) is 9.70. The first-order valence-corrected chi connectivity index (χ1v) is 8.40. The van der Waals surface area contributed by atoms with Gasteiger partial charge < -0.3 is 0 Å². The Morgan fingerprint density at radius 3 is 1.25 bits per heavy atom. The summed E-state index contributed by atoms with van der Waals surface area (Å²) < 4.78 is 17.3. The first kappa shape index (κ1) is 12.8. The van der Waals surface area contributed by atoms with Crippen LogP contribution in [0, 0.1) is 0 Å². The molecule has 0 saturated carbocycles. The van der Waals surface area contributed by atoms with Crippen LogP contribution in [-0.2, 0) is 0 Å². The SMILES string of the molecule is O=c1occn1[PH](S)(n1ccoc1=O)n1ccoc1=O. The van der Waals surface area contributed by atoms with Crippen LogP contribution in [0.5, 0.6) is 0 Å². The van der Waals surface area contributed by atoms with E-state index in [1.165, 1.54) is 18.6 Å². The molecule has 0 atom stereocenters. The molecule has 0 bridgehead atoms. The molecule has 0 aliphatic carbocycles. The summed E-state index contributed by atoms with van der Waals surface area (Å²) in [6.07, 6.45) is 7.28. The first-order valence-electron chi connectivity index (χ1n) is 5.27. The van der Waals surface area contributed by atoms with Crippen LogP contribution in [0.25, 0.3) is 0 Å². The van der Waals surface area contributed by atoms with Crippen molar-refractivity contribution < 1.29 is 13.3 Å². The Hall–Kier alpha value is -2.19. The molecular formula is C9H8N3O6PS. The molecule has 0 unspecified atom stereocenters. The van der Waals surface area contributed by atoms with Gasteiger partial charge in [0.1, 0.15) is 0 Å². The second-order valence-corrected chi connectivity index (χ2v) is 8.16. The zero-order valence-corrected chi connectivity index (χ0v) is 11.6. The van der Waals surface area contributed by atoms with Crippen molar-refractivity contribution in [2.45, 2.75) is 0 Å². The van der Waals surface area contributed by atoms with E-state index in [2.05, 4.69) is 25.5 Å². The van der Waals surface area contributed by atoms with E-state index in [0.29, 0.717) is 0 Å². The maximum absolute atomic E-state index is 11.8. The Kier molecular flexibility index (Phi) is 2.84. The van der Waals surface area contributed by atoms with Crippen molar-refractivity contribution in [2.24, 2.45) is 0 Å². The quantitative estimate of drug-likeness (QED) is 0.548. The van der Waals surface area contributed by atoms with E-state index in [1.807, 2.05) is 0 Å². The monoisotopic (exact) mass is 317 g/mol. The topological polar surface area (TPSA) is 105 Å². The fourth-order valence-electron chi connectivity index (χ4n) is 1.82. The van der Waals surface area contributed by atoms with E-state index in [-0.39, 0.29) is 0 Å². The van der Waals surface area contributed by atoms with Gasteiger partial charge >= 0.3 is 114 Å². The predicted molar refractivity (Wildman–Crippen MR) is 72.4 cm³/mol. The Bertz CT molecular complexity index is 793. The molecule has 0 N–H and O–H groups in total. The van der Waals surface area contributed by atoms with Gasteiger partial charge in [-0.2, -0.15) is 0 Å². The third kappa shape index (κ3) is 1.65. The summed E-state index contributed by atoms with van der Waals surface area (Å²) >= 11 is 4.44. The Morgan fingerprint density at radius 1 is 0.750 bits per heavy atom. The van der Waals surface area contributed by atoms with E-state index in [4.69, 9.17) is 0 Å². The molecule has 106 valence electrons. The zero-order chi connectivity index (χ0) is 14.3. The Labute approximate surface area is 115 Å². The molecule has 20 heavy (non-hydrogen) atoms. The van der Waals surface area contributed by atoms with Crippen LogP contribution in [0.1, 0.15) is 0 Å². The Morgan fingerprint density at radius 2 is 1.05 bits per heavy atom. The minimum atomic E-state index is -3.63. The number of rotatable bonds is 3. The van der Waals surface area contributed by atoms with E-state index in [9.17, 15) is 14.4 Å². The molecule has 0 spiro atoms. The van der Waals surface area contributed by atoms with Gasteiger partial charge in [-0.1, -0.05) is 0 Å². The molecule has 3 aromatic heterocycles. The molecule has 0 saturated heterocycles. The fourth-order valence-corrected chi connectivity index (χ4v) is 5.52. The summed E-state index contributed by atoms with van der Waals surface area (Å²) in [6.45, 7) is -3.63. The maximum atomic E-state index is 11.8. The van der Waals surface area contributed by atoms with E-state index < -0.39 is 24.2 Å². The van der Waals surface area contributed by atoms with Crippen LogP contribution in [0.3, 0.4) is 0 Å². The van der Waals surface area contributed by atoms with Crippen molar-refractivity contribution in [2.75, 3.05) is 0 Å². The molecule has 0 aromatic carbocycles. The molecule has 0 amide bonds. The molecule has 3 rings (SSSR count). The molecule has 0 aliphatic rings. The second-order valence-electron chi connectivity index (χ2n) is 3.72. The van der Waals surface area contributed by atoms with Gasteiger partial charge in [-0.25, -0.2) is 0 Å². The predicted octanol–water partition coefficient (Wildman–Crippen LogP) is 0.235. The van der Waals surface area contributed by atoms with Crippen molar-refractivity contribution in [3.05, 3.63) is 69.0 Å².